The number of carbonyl (C=O) groups excluding carboxylic acids is 3. The summed E-state index contributed by atoms with van der Waals surface area (Å²) in [6, 6.07) is 3.92. The van der Waals surface area contributed by atoms with Crippen molar-refractivity contribution < 1.29 is 14.4 Å². The predicted molar refractivity (Wildman–Crippen MR) is 67.0 cm³/mol. The van der Waals surface area contributed by atoms with Gasteiger partial charge in [-0.15, -0.1) is 11.3 Å². The molecule has 6 heteroatoms. The van der Waals surface area contributed by atoms with Gasteiger partial charge in [0.25, 0.3) is 0 Å². The van der Waals surface area contributed by atoms with Gasteiger partial charge in [-0.3, -0.25) is 19.3 Å². The van der Waals surface area contributed by atoms with E-state index in [1.54, 1.807) is 11.3 Å². The summed E-state index contributed by atoms with van der Waals surface area (Å²) in [5.41, 5.74) is 0. The van der Waals surface area contributed by atoms with E-state index in [1.807, 2.05) is 17.5 Å². The maximum Gasteiger partial charge on any atom is 0.248 e. The van der Waals surface area contributed by atoms with Crippen molar-refractivity contribution in [1.29, 1.82) is 0 Å². The SMILES string of the molecule is CC(=O)N1CC(=O)N(CCc2cccs2)C(=O)C1. The van der Waals surface area contributed by atoms with E-state index in [0.717, 1.165) is 4.88 Å². The summed E-state index contributed by atoms with van der Waals surface area (Å²) >= 11 is 1.61. The minimum Gasteiger partial charge on any atom is -0.324 e. The molecule has 0 saturated carbocycles. The molecule has 1 aromatic heterocycles. The maximum absolute atomic E-state index is 11.8. The largest absolute Gasteiger partial charge is 0.324 e. The van der Waals surface area contributed by atoms with Crippen LogP contribution in [-0.4, -0.2) is 47.2 Å². The average Bonchev–Trinajstić information content (AvgIpc) is 2.80. The van der Waals surface area contributed by atoms with Crippen molar-refractivity contribution in [1.82, 2.24) is 9.80 Å². The monoisotopic (exact) mass is 266 g/mol. The van der Waals surface area contributed by atoms with Gasteiger partial charge < -0.3 is 4.90 Å². The molecule has 3 amide bonds. The lowest BCUT2D eigenvalue weighted by atomic mass is 10.2. The zero-order chi connectivity index (χ0) is 13.1. The van der Waals surface area contributed by atoms with Crippen LogP contribution in [-0.2, 0) is 20.8 Å². The van der Waals surface area contributed by atoms with Crippen LogP contribution in [0.1, 0.15) is 11.8 Å². The number of hydrogen-bond donors (Lipinski definition) is 0. The first-order valence-corrected chi connectivity index (χ1v) is 6.57. The van der Waals surface area contributed by atoms with E-state index < -0.39 is 0 Å². The summed E-state index contributed by atoms with van der Waals surface area (Å²) in [6.07, 6.45) is 0.676. The van der Waals surface area contributed by atoms with Gasteiger partial charge in [0.15, 0.2) is 0 Å². The molecule has 0 unspecified atom stereocenters. The minimum absolute atomic E-state index is 0.00547. The first-order valence-electron chi connectivity index (χ1n) is 5.69. The van der Waals surface area contributed by atoms with Crippen molar-refractivity contribution in [2.45, 2.75) is 13.3 Å². The second-order valence-corrected chi connectivity index (χ2v) is 5.18. The van der Waals surface area contributed by atoms with Gasteiger partial charge in [0.05, 0.1) is 0 Å². The highest BCUT2D eigenvalue weighted by Crippen LogP contribution is 2.12. The fraction of sp³-hybridized carbons (Fsp3) is 0.417. The number of piperazine rings is 1. The van der Waals surface area contributed by atoms with Gasteiger partial charge in [0, 0.05) is 18.3 Å². The lowest BCUT2D eigenvalue weighted by molar-refractivity contribution is -0.156. The lowest BCUT2D eigenvalue weighted by Gasteiger charge is -2.31. The zero-order valence-electron chi connectivity index (χ0n) is 10.1. The van der Waals surface area contributed by atoms with Crippen molar-refractivity contribution in [3.63, 3.8) is 0 Å². The number of nitrogens with zero attached hydrogens (tertiary/aromatic N) is 2. The molecule has 0 aliphatic carbocycles. The van der Waals surface area contributed by atoms with Gasteiger partial charge in [0.2, 0.25) is 17.7 Å². The first kappa shape index (κ1) is 12.8. The summed E-state index contributed by atoms with van der Waals surface area (Å²) in [7, 11) is 0. The van der Waals surface area contributed by atoms with Gasteiger partial charge in [-0.1, -0.05) is 6.07 Å². The molecule has 5 nitrogen and oxygen atoms in total. The fourth-order valence-corrected chi connectivity index (χ4v) is 2.54. The molecule has 18 heavy (non-hydrogen) atoms. The molecule has 0 aromatic carbocycles. The lowest BCUT2D eigenvalue weighted by Crippen LogP contribution is -2.55. The summed E-state index contributed by atoms with van der Waals surface area (Å²) in [4.78, 5) is 38.4. The molecule has 0 radical (unpaired) electrons. The van der Waals surface area contributed by atoms with Crippen LogP contribution in [0.3, 0.4) is 0 Å². The molecule has 1 saturated heterocycles. The number of hydrogen-bond acceptors (Lipinski definition) is 4. The van der Waals surface area contributed by atoms with Gasteiger partial charge in [-0.25, -0.2) is 0 Å². The Morgan fingerprint density at radius 1 is 1.33 bits per heavy atom. The highest BCUT2D eigenvalue weighted by Gasteiger charge is 2.31. The van der Waals surface area contributed by atoms with Gasteiger partial charge >= 0.3 is 0 Å². The Morgan fingerprint density at radius 2 is 2.00 bits per heavy atom. The maximum atomic E-state index is 11.8. The zero-order valence-corrected chi connectivity index (χ0v) is 10.9. The molecule has 0 spiro atoms. The van der Waals surface area contributed by atoms with Gasteiger partial charge in [0.1, 0.15) is 13.1 Å². The Bertz CT molecular complexity index is 452. The van der Waals surface area contributed by atoms with Gasteiger partial charge in [-0.05, 0) is 17.9 Å². The molecular formula is C12H14N2O3S. The van der Waals surface area contributed by atoms with Crippen LogP contribution in [0.25, 0.3) is 0 Å². The quantitative estimate of drug-likeness (QED) is 0.749. The van der Waals surface area contributed by atoms with Crippen molar-refractivity contribution >= 4 is 29.1 Å². The Labute approximate surface area is 109 Å². The predicted octanol–water partition coefficient (Wildman–Crippen LogP) is 0.508. The van der Waals surface area contributed by atoms with Crippen LogP contribution in [0.2, 0.25) is 0 Å². The van der Waals surface area contributed by atoms with Crippen LogP contribution in [0.4, 0.5) is 0 Å². The third-order valence-electron chi connectivity index (χ3n) is 2.86. The summed E-state index contributed by atoms with van der Waals surface area (Å²) in [5, 5.41) is 1.96. The van der Waals surface area contributed by atoms with E-state index in [4.69, 9.17) is 0 Å². The molecule has 0 N–H and O–H groups in total. The van der Waals surface area contributed by atoms with Crippen molar-refractivity contribution in [3.05, 3.63) is 22.4 Å². The molecule has 2 rings (SSSR count). The van der Waals surface area contributed by atoms with Crippen molar-refractivity contribution in [2.75, 3.05) is 19.6 Å². The third kappa shape index (κ3) is 2.76. The van der Waals surface area contributed by atoms with E-state index in [1.165, 1.54) is 16.7 Å². The van der Waals surface area contributed by atoms with Crippen LogP contribution < -0.4 is 0 Å². The van der Waals surface area contributed by atoms with Crippen LogP contribution in [0.5, 0.6) is 0 Å². The van der Waals surface area contributed by atoms with Gasteiger partial charge in [-0.2, -0.15) is 0 Å². The molecule has 0 atom stereocenters. The molecule has 1 aliphatic heterocycles. The number of rotatable bonds is 3. The van der Waals surface area contributed by atoms with E-state index >= 15 is 0 Å². The number of thiophene rings is 1. The Balaban J connectivity index is 1.95. The van der Waals surface area contributed by atoms with Crippen molar-refractivity contribution in [3.8, 4) is 0 Å². The van der Waals surface area contributed by atoms with Crippen LogP contribution in [0, 0.1) is 0 Å². The van der Waals surface area contributed by atoms with Crippen molar-refractivity contribution in [2.24, 2.45) is 0 Å². The summed E-state index contributed by atoms with van der Waals surface area (Å²) in [6.45, 7) is 1.77. The summed E-state index contributed by atoms with van der Waals surface area (Å²) in [5.74, 6) is -0.828. The molecular weight excluding hydrogens is 252 g/mol. The van der Waals surface area contributed by atoms with E-state index in [2.05, 4.69) is 0 Å². The Morgan fingerprint density at radius 3 is 2.50 bits per heavy atom. The molecule has 1 fully saturated rings. The van der Waals surface area contributed by atoms with Crippen LogP contribution >= 0.6 is 11.3 Å². The normalized spacial score (nSPS) is 16.3. The molecule has 1 aliphatic rings. The number of imide groups is 1. The van der Waals surface area contributed by atoms with E-state index in [9.17, 15) is 14.4 Å². The Hall–Kier alpha value is -1.69. The number of amides is 3. The van der Waals surface area contributed by atoms with Crippen LogP contribution in [0.15, 0.2) is 17.5 Å². The van der Waals surface area contributed by atoms with E-state index in [-0.39, 0.29) is 30.8 Å². The summed E-state index contributed by atoms with van der Waals surface area (Å²) < 4.78 is 0. The smallest absolute Gasteiger partial charge is 0.248 e. The standard InChI is InChI=1S/C12H14N2O3S/c1-9(15)13-7-11(16)14(12(17)8-13)5-4-10-3-2-6-18-10/h2-3,6H,4-5,7-8H2,1H3. The second-order valence-electron chi connectivity index (χ2n) is 4.14. The minimum atomic E-state index is -0.294. The molecule has 0 bridgehead atoms. The Kier molecular flexibility index (Phi) is 3.76. The highest BCUT2D eigenvalue weighted by atomic mass is 32.1. The average molecular weight is 266 g/mol. The molecule has 96 valence electrons. The highest BCUT2D eigenvalue weighted by molar-refractivity contribution is 7.09. The number of carbonyl (C=O) groups is 3. The topological polar surface area (TPSA) is 57.7 Å². The second kappa shape index (κ2) is 5.30. The van der Waals surface area contributed by atoms with E-state index in [0.29, 0.717) is 13.0 Å². The fourth-order valence-electron chi connectivity index (χ4n) is 1.84. The molecule has 1 aromatic rings. The third-order valence-corrected chi connectivity index (χ3v) is 3.80. The molecule has 2 heterocycles. The first-order chi connectivity index (χ1) is 8.58.